The molecule has 0 amide bonds. The molecule has 0 unspecified atom stereocenters. The van der Waals surface area contributed by atoms with Crippen LogP contribution in [0.2, 0.25) is 0 Å². The van der Waals surface area contributed by atoms with Crippen molar-refractivity contribution in [1.82, 2.24) is 0 Å². The molecule has 0 aliphatic heterocycles. The van der Waals surface area contributed by atoms with Crippen LogP contribution in [0.3, 0.4) is 0 Å². The molecule has 18 heavy (non-hydrogen) atoms. The van der Waals surface area contributed by atoms with Gasteiger partial charge in [0.1, 0.15) is 5.75 Å². The summed E-state index contributed by atoms with van der Waals surface area (Å²) in [6.45, 7) is 4.32. The second kappa shape index (κ2) is 5.76. The van der Waals surface area contributed by atoms with Gasteiger partial charge in [0.15, 0.2) is 0 Å². The quantitative estimate of drug-likeness (QED) is 0.753. The highest BCUT2D eigenvalue weighted by molar-refractivity contribution is 5.76. The van der Waals surface area contributed by atoms with E-state index in [0.717, 1.165) is 11.4 Å². The minimum absolute atomic E-state index is 0.211. The molecule has 0 bridgehead atoms. The number of ether oxygens (including phenoxy) is 2. The molecule has 0 aliphatic carbocycles. The first-order valence-electron chi connectivity index (χ1n) is 5.84. The maximum Gasteiger partial charge on any atom is 0.313 e. The Bertz CT molecular complexity index is 415. The monoisotopic (exact) mass is 251 g/mol. The Hall–Kier alpha value is -1.71. The molecular formula is C14H21NO3. The highest BCUT2D eigenvalue weighted by Gasteiger charge is 2.30. The zero-order valence-electron chi connectivity index (χ0n) is 11.7. The fourth-order valence-electron chi connectivity index (χ4n) is 1.87. The summed E-state index contributed by atoms with van der Waals surface area (Å²) in [7, 11) is 4.99. The minimum atomic E-state index is -0.549. The van der Waals surface area contributed by atoms with Crippen LogP contribution in [0.25, 0.3) is 0 Å². The Morgan fingerprint density at radius 1 is 1.33 bits per heavy atom. The first-order valence-corrected chi connectivity index (χ1v) is 5.84. The predicted molar refractivity (Wildman–Crippen MR) is 72.1 cm³/mol. The van der Waals surface area contributed by atoms with Crippen LogP contribution in [-0.4, -0.2) is 33.8 Å². The van der Waals surface area contributed by atoms with E-state index in [-0.39, 0.29) is 5.97 Å². The standard InChI is InChI=1S/C14H21NO3/c1-14(2,13(16)18-5)10-15(3)11-7-6-8-12(9-11)17-4/h6-9H,10H2,1-5H3. The first kappa shape index (κ1) is 14.4. The lowest BCUT2D eigenvalue weighted by molar-refractivity contribution is -0.150. The molecule has 0 radical (unpaired) electrons. The lowest BCUT2D eigenvalue weighted by Gasteiger charge is -2.29. The topological polar surface area (TPSA) is 38.8 Å². The summed E-state index contributed by atoms with van der Waals surface area (Å²) in [5.74, 6) is 0.590. The Balaban J connectivity index is 2.81. The van der Waals surface area contributed by atoms with Gasteiger partial charge in [0.05, 0.1) is 19.6 Å². The number of rotatable bonds is 5. The third-order valence-electron chi connectivity index (χ3n) is 2.86. The Morgan fingerprint density at radius 3 is 2.56 bits per heavy atom. The van der Waals surface area contributed by atoms with Crippen molar-refractivity contribution in [1.29, 1.82) is 0 Å². The number of methoxy groups -OCH3 is 2. The van der Waals surface area contributed by atoms with Crippen molar-refractivity contribution in [2.24, 2.45) is 5.41 Å². The van der Waals surface area contributed by atoms with Gasteiger partial charge in [0, 0.05) is 25.3 Å². The van der Waals surface area contributed by atoms with E-state index in [1.54, 1.807) is 7.11 Å². The van der Waals surface area contributed by atoms with Crippen LogP contribution in [-0.2, 0) is 9.53 Å². The van der Waals surface area contributed by atoms with Gasteiger partial charge in [-0.05, 0) is 26.0 Å². The number of anilines is 1. The van der Waals surface area contributed by atoms with Crippen LogP contribution in [0, 0.1) is 5.41 Å². The molecule has 0 fully saturated rings. The predicted octanol–water partition coefficient (Wildman–Crippen LogP) is 2.33. The summed E-state index contributed by atoms with van der Waals surface area (Å²) >= 11 is 0. The van der Waals surface area contributed by atoms with Gasteiger partial charge < -0.3 is 14.4 Å². The van der Waals surface area contributed by atoms with Crippen molar-refractivity contribution in [2.75, 3.05) is 32.7 Å². The van der Waals surface area contributed by atoms with Crippen molar-refractivity contribution in [3.8, 4) is 5.75 Å². The molecule has 0 N–H and O–H groups in total. The smallest absolute Gasteiger partial charge is 0.313 e. The lowest BCUT2D eigenvalue weighted by Crippen LogP contribution is -2.38. The number of benzene rings is 1. The van der Waals surface area contributed by atoms with E-state index in [4.69, 9.17) is 9.47 Å². The summed E-state index contributed by atoms with van der Waals surface area (Å²) in [5.41, 5.74) is 0.457. The third kappa shape index (κ3) is 3.39. The zero-order valence-corrected chi connectivity index (χ0v) is 11.7. The molecule has 0 aliphatic rings. The normalized spacial score (nSPS) is 10.9. The van der Waals surface area contributed by atoms with Gasteiger partial charge >= 0.3 is 5.97 Å². The summed E-state index contributed by atoms with van der Waals surface area (Å²) in [6, 6.07) is 7.74. The van der Waals surface area contributed by atoms with Crippen molar-refractivity contribution in [3.63, 3.8) is 0 Å². The molecule has 0 heterocycles. The summed E-state index contributed by atoms with van der Waals surface area (Å²) in [5, 5.41) is 0. The molecule has 0 atom stereocenters. The van der Waals surface area contributed by atoms with Crippen molar-refractivity contribution >= 4 is 11.7 Å². The van der Waals surface area contributed by atoms with E-state index in [1.165, 1.54) is 7.11 Å². The van der Waals surface area contributed by atoms with Crippen LogP contribution in [0.15, 0.2) is 24.3 Å². The van der Waals surface area contributed by atoms with Crippen LogP contribution in [0.4, 0.5) is 5.69 Å². The summed E-state index contributed by atoms with van der Waals surface area (Å²) in [6.07, 6.45) is 0. The van der Waals surface area contributed by atoms with Crippen LogP contribution in [0.5, 0.6) is 5.75 Å². The third-order valence-corrected chi connectivity index (χ3v) is 2.86. The molecule has 100 valence electrons. The number of hydrogen-bond donors (Lipinski definition) is 0. The fourth-order valence-corrected chi connectivity index (χ4v) is 1.87. The second-order valence-electron chi connectivity index (χ2n) is 4.93. The van der Waals surface area contributed by atoms with Gasteiger partial charge in [-0.25, -0.2) is 0 Å². The van der Waals surface area contributed by atoms with Crippen molar-refractivity contribution in [2.45, 2.75) is 13.8 Å². The maximum atomic E-state index is 11.6. The Kier molecular flexibility index (Phi) is 4.59. The maximum absolute atomic E-state index is 11.6. The zero-order chi connectivity index (χ0) is 13.8. The molecule has 4 nitrogen and oxygen atoms in total. The van der Waals surface area contributed by atoms with Gasteiger partial charge in [-0.15, -0.1) is 0 Å². The number of carbonyl (C=O) groups excluding carboxylic acids is 1. The molecule has 1 aromatic rings. The number of hydrogen-bond acceptors (Lipinski definition) is 4. The second-order valence-corrected chi connectivity index (χ2v) is 4.93. The largest absolute Gasteiger partial charge is 0.497 e. The highest BCUT2D eigenvalue weighted by Crippen LogP contribution is 2.25. The SMILES string of the molecule is COC(=O)C(C)(C)CN(C)c1cccc(OC)c1. The van der Waals surface area contributed by atoms with E-state index < -0.39 is 5.41 Å². The molecule has 4 heteroatoms. The molecule has 1 rings (SSSR count). The van der Waals surface area contributed by atoms with Gasteiger partial charge in [0.2, 0.25) is 0 Å². The molecule has 0 aromatic heterocycles. The van der Waals surface area contributed by atoms with Crippen molar-refractivity contribution in [3.05, 3.63) is 24.3 Å². The Morgan fingerprint density at radius 2 is 2.00 bits per heavy atom. The molecule has 0 spiro atoms. The first-order chi connectivity index (χ1) is 8.40. The van der Waals surface area contributed by atoms with Gasteiger partial charge in [-0.3, -0.25) is 4.79 Å². The average Bonchev–Trinajstić information content (AvgIpc) is 2.37. The van der Waals surface area contributed by atoms with Gasteiger partial charge in [0.25, 0.3) is 0 Å². The summed E-state index contributed by atoms with van der Waals surface area (Å²) in [4.78, 5) is 13.7. The molecule has 0 saturated heterocycles. The number of esters is 1. The highest BCUT2D eigenvalue weighted by atomic mass is 16.5. The van der Waals surface area contributed by atoms with E-state index in [0.29, 0.717) is 6.54 Å². The lowest BCUT2D eigenvalue weighted by atomic mass is 9.93. The number of carbonyl (C=O) groups is 1. The van der Waals surface area contributed by atoms with E-state index in [2.05, 4.69) is 0 Å². The van der Waals surface area contributed by atoms with E-state index in [1.807, 2.05) is 50.1 Å². The van der Waals surface area contributed by atoms with Gasteiger partial charge in [-0.2, -0.15) is 0 Å². The van der Waals surface area contributed by atoms with Gasteiger partial charge in [-0.1, -0.05) is 6.07 Å². The molecule has 1 aromatic carbocycles. The van der Waals surface area contributed by atoms with Crippen molar-refractivity contribution < 1.29 is 14.3 Å². The van der Waals surface area contributed by atoms with Crippen LogP contribution in [0.1, 0.15) is 13.8 Å². The molecule has 0 saturated carbocycles. The average molecular weight is 251 g/mol. The summed E-state index contributed by atoms with van der Waals surface area (Å²) < 4.78 is 9.99. The minimum Gasteiger partial charge on any atom is -0.497 e. The number of nitrogens with zero attached hydrogens (tertiary/aromatic N) is 1. The molecular weight excluding hydrogens is 230 g/mol. The fraction of sp³-hybridized carbons (Fsp3) is 0.500. The van der Waals surface area contributed by atoms with Crippen LogP contribution < -0.4 is 9.64 Å². The van der Waals surface area contributed by atoms with E-state index in [9.17, 15) is 4.79 Å². The van der Waals surface area contributed by atoms with E-state index >= 15 is 0 Å². The Labute approximate surface area is 108 Å². The van der Waals surface area contributed by atoms with Crippen LogP contribution >= 0.6 is 0 Å².